The zero-order valence-electron chi connectivity index (χ0n) is 13.0. The number of hydrogen-bond acceptors (Lipinski definition) is 5. The van der Waals surface area contributed by atoms with Gasteiger partial charge >= 0.3 is 0 Å². The molecule has 1 aliphatic rings. The third-order valence-corrected chi connectivity index (χ3v) is 5.10. The lowest BCUT2D eigenvalue weighted by Crippen LogP contribution is -2.37. The fourth-order valence-electron chi connectivity index (χ4n) is 2.74. The Hall–Kier alpha value is -1.95. The number of thiazole rings is 1. The summed E-state index contributed by atoms with van der Waals surface area (Å²) >= 11 is 7.60. The zero-order valence-corrected chi connectivity index (χ0v) is 14.6. The van der Waals surface area contributed by atoms with Gasteiger partial charge in [-0.2, -0.15) is 0 Å². The molecule has 24 heavy (non-hydrogen) atoms. The standard InChI is InChI=1S/C18H16ClN3OS/c19-14-5-3-13(4-6-14)16-12-24-18(21-16)15-2-1-7-20-17(15)22-8-10-23-11-9-22/h1-7,12H,8-11H2. The highest BCUT2D eigenvalue weighted by atomic mass is 35.5. The van der Waals surface area contributed by atoms with Crippen LogP contribution in [0.2, 0.25) is 5.02 Å². The number of anilines is 1. The molecule has 0 amide bonds. The Kier molecular flexibility index (Phi) is 4.47. The molecule has 0 unspecified atom stereocenters. The highest BCUT2D eigenvalue weighted by Crippen LogP contribution is 2.34. The first kappa shape index (κ1) is 15.6. The van der Waals surface area contributed by atoms with Crippen molar-refractivity contribution in [3.05, 3.63) is 53.0 Å². The van der Waals surface area contributed by atoms with E-state index in [0.717, 1.165) is 59.0 Å². The average Bonchev–Trinajstić information content (AvgIpc) is 3.13. The number of halogens is 1. The highest BCUT2D eigenvalue weighted by molar-refractivity contribution is 7.13. The van der Waals surface area contributed by atoms with Crippen molar-refractivity contribution in [2.45, 2.75) is 0 Å². The van der Waals surface area contributed by atoms with Gasteiger partial charge in [-0.3, -0.25) is 0 Å². The van der Waals surface area contributed by atoms with Gasteiger partial charge in [0.05, 0.1) is 24.5 Å². The van der Waals surface area contributed by atoms with Crippen molar-refractivity contribution in [3.63, 3.8) is 0 Å². The molecule has 122 valence electrons. The fourth-order valence-corrected chi connectivity index (χ4v) is 3.72. The summed E-state index contributed by atoms with van der Waals surface area (Å²) in [5, 5.41) is 3.79. The molecule has 1 aromatic carbocycles. The lowest BCUT2D eigenvalue weighted by Gasteiger charge is -2.29. The summed E-state index contributed by atoms with van der Waals surface area (Å²) in [5.41, 5.74) is 3.10. The van der Waals surface area contributed by atoms with Crippen LogP contribution in [0.1, 0.15) is 0 Å². The quantitative estimate of drug-likeness (QED) is 0.698. The van der Waals surface area contributed by atoms with Crippen LogP contribution in [0.4, 0.5) is 5.82 Å². The molecule has 0 aliphatic carbocycles. The largest absolute Gasteiger partial charge is 0.378 e. The molecule has 0 saturated carbocycles. The van der Waals surface area contributed by atoms with Crippen molar-refractivity contribution in [1.82, 2.24) is 9.97 Å². The second-order valence-corrected chi connectivity index (χ2v) is 6.81. The predicted octanol–water partition coefficient (Wildman–Crippen LogP) is 4.36. The van der Waals surface area contributed by atoms with Gasteiger partial charge in [0.1, 0.15) is 10.8 Å². The maximum atomic E-state index is 5.97. The van der Waals surface area contributed by atoms with E-state index in [9.17, 15) is 0 Å². The molecule has 1 saturated heterocycles. The van der Waals surface area contributed by atoms with Crippen LogP contribution in [0.3, 0.4) is 0 Å². The van der Waals surface area contributed by atoms with E-state index < -0.39 is 0 Å². The van der Waals surface area contributed by atoms with Crippen LogP contribution < -0.4 is 4.90 Å². The van der Waals surface area contributed by atoms with Gasteiger partial charge < -0.3 is 9.64 Å². The van der Waals surface area contributed by atoms with Crippen LogP contribution in [0.5, 0.6) is 0 Å². The Bertz CT molecular complexity index is 828. The van der Waals surface area contributed by atoms with Crippen molar-refractivity contribution in [2.75, 3.05) is 31.2 Å². The van der Waals surface area contributed by atoms with E-state index in [1.165, 1.54) is 0 Å². The van der Waals surface area contributed by atoms with E-state index in [-0.39, 0.29) is 0 Å². The van der Waals surface area contributed by atoms with Crippen molar-refractivity contribution < 1.29 is 4.74 Å². The third-order valence-electron chi connectivity index (χ3n) is 3.97. The summed E-state index contributed by atoms with van der Waals surface area (Å²) in [5.74, 6) is 0.984. The maximum Gasteiger partial charge on any atom is 0.139 e. The first-order chi connectivity index (χ1) is 11.8. The van der Waals surface area contributed by atoms with E-state index in [1.807, 2.05) is 36.5 Å². The minimum absolute atomic E-state index is 0.732. The number of aromatic nitrogens is 2. The average molecular weight is 358 g/mol. The Morgan fingerprint density at radius 1 is 1.08 bits per heavy atom. The molecular weight excluding hydrogens is 342 g/mol. The van der Waals surface area contributed by atoms with Gasteiger partial charge in [0, 0.05) is 35.3 Å². The highest BCUT2D eigenvalue weighted by Gasteiger charge is 2.18. The molecule has 1 aliphatic heterocycles. The summed E-state index contributed by atoms with van der Waals surface area (Å²) < 4.78 is 5.45. The van der Waals surface area contributed by atoms with Gasteiger partial charge in [0.15, 0.2) is 0 Å². The minimum atomic E-state index is 0.732. The topological polar surface area (TPSA) is 38.2 Å². The third kappa shape index (κ3) is 3.15. The molecule has 6 heteroatoms. The second-order valence-electron chi connectivity index (χ2n) is 5.52. The number of benzene rings is 1. The van der Waals surface area contributed by atoms with Gasteiger partial charge in [-0.1, -0.05) is 23.7 Å². The molecule has 0 atom stereocenters. The van der Waals surface area contributed by atoms with E-state index in [0.29, 0.717) is 0 Å². The van der Waals surface area contributed by atoms with Crippen molar-refractivity contribution in [1.29, 1.82) is 0 Å². The van der Waals surface area contributed by atoms with Crippen molar-refractivity contribution in [2.24, 2.45) is 0 Å². The van der Waals surface area contributed by atoms with Gasteiger partial charge in [0.25, 0.3) is 0 Å². The molecule has 0 bridgehead atoms. The van der Waals surface area contributed by atoms with E-state index in [1.54, 1.807) is 11.3 Å². The van der Waals surface area contributed by atoms with Crippen LogP contribution >= 0.6 is 22.9 Å². The summed E-state index contributed by atoms with van der Waals surface area (Å²) in [4.78, 5) is 11.7. The van der Waals surface area contributed by atoms with Gasteiger partial charge in [-0.05, 0) is 24.3 Å². The van der Waals surface area contributed by atoms with Crippen LogP contribution in [-0.2, 0) is 4.74 Å². The number of pyridine rings is 1. The molecule has 3 aromatic rings. The Morgan fingerprint density at radius 3 is 2.67 bits per heavy atom. The number of morpholine rings is 1. The molecule has 0 N–H and O–H groups in total. The minimum Gasteiger partial charge on any atom is -0.378 e. The summed E-state index contributed by atoms with van der Waals surface area (Å²) in [6.07, 6.45) is 1.84. The van der Waals surface area contributed by atoms with E-state index in [2.05, 4.69) is 21.3 Å². The Balaban J connectivity index is 1.68. The van der Waals surface area contributed by atoms with Gasteiger partial charge in [-0.15, -0.1) is 11.3 Å². The van der Waals surface area contributed by atoms with Gasteiger partial charge in [0.2, 0.25) is 0 Å². The normalized spacial score (nSPS) is 14.8. The maximum absolute atomic E-state index is 5.97. The van der Waals surface area contributed by atoms with Crippen LogP contribution in [0.25, 0.3) is 21.8 Å². The first-order valence-corrected chi connectivity index (χ1v) is 9.06. The molecule has 3 heterocycles. The van der Waals surface area contributed by atoms with Crippen molar-refractivity contribution >= 4 is 28.8 Å². The Morgan fingerprint density at radius 2 is 1.88 bits per heavy atom. The smallest absolute Gasteiger partial charge is 0.139 e. The summed E-state index contributed by atoms with van der Waals surface area (Å²) in [7, 11) is 0. The number of ether oxygens (including phenoxy) is 1. The van der Waals surface area contributed by atoms with Crippen LogP contribution in [0.15, 0.2) is 48.0 Å². The number of hydrogen-bond donors (Lipinski definition) is 0. The summed E-state index contributed by atoms with van der Waals surface area (Å²) in [6.45, 7) is 3.20. The Labute approximate surface area is 149 Å². The first-order valence-electron chi connectivity index (χ1n) is 7.81. The second kappa shape index (κ2) is 6.89. The zero-order chi connectivity index (χ0) is 16.4. The predicted molar refractivity (Wildman–Crippen MR) is 98.8 cm³/mol. The molecule has 0 spiro atoms. The monoisotopic (exact) mass is 357 g/mol. The SMILES string of the molecule is Clc1ccc(-c2csc(-c3cccnc3N3CCOCC3)n2)cc1. The number of nitrogens with zero attached hydrogens (tertiary/aromatic N) is 3. The van der Waals surface area contributed by atoms with Crippen LogP contribution in [0, 0.1) is 0 Å². The van der Waals surface area contributed by atoms with Gasteiger partial charge in [-0.25, -0.2) is 9.97 Å². The van der Waals surface area contributed by atoms with Crippen LogP contribution in [-0.4, -0.2) is 36.3 Å². The fraction of sp³-hybridized carbons (Fsp3) is 0.222. The molecule has 4 rings (SSSR count). The molecule has 4 nitrogen and oxygen atoms in total. The molecule has 2 aromatic heterocycles. The molecule has 0 radical (unpaired) electrons. The lowest BCUT2D eigenvalue weighted by molar-refractivity contribution is 0.122. The van der Waals surface area contributed by atoms with E-state index >= 15 is 0 Å². The lowest BCUT2D eigenvalue weighted by atomic mass is 10.2. The summed E-state index contributed by atoms with van der Waals surface area (Å²) in [6, 6.07) is 11.8. The van der Waals surface area contributed by atoms with E-state index in [4.69, 9.17) is 21.3 Å². The molecular formula is C18H16ClN3OS. The molecule has 1 fully saturated rings. The van der Waals surface area contributed by atoms with Crippen molar-refractivity contribution in [3.8, 4) is 21.8 Å². The number of rotatable bonds is 3.